The lowest BCUT2D eigenvalue weighted by Gasteiger charge is -2.28. The summed E-state index contributed by atoms with van der Waals surface area (Å²) >= 11 is 0. The summed E-state index contributed by atoms with van der Waals surface area (Å²) < 4.78 is 10.8. The second-order valence-corrected chi connectivity index (χ2v) is 7.39. The molecule has 0 spiro atoms. The minimum Gasteiger partial charge on any atom is -0.493 e. The summed E-state index contributed by atoms with van der Waals surface area (Å²) in [4.78, 5) is 35.6. The monoisotopic (exact) mass is 392 g/mol. The minimum atomic E-state index is -0.928. The molecule has 0 unspecified atom stereocenters. The fraction of sp³-hybridized carbons (Fsp3) is 0.550. The molecule has 0 bridgehead atoms. The number of amides is 2. The fourth-order valence-electron chi connectivity index (χ4n) is 3.44. The van der Waals surface area contributed by atoms with Gasteiger partial charge in [0.15, 0.2) is 18.1 Å². The van der Waals surface area contributed by atoms with Crippen molar-refractivity contribution in [2.24, 2.45) is 0 Å². The van der Waals surface area contributed by atoms with Crippen molar-refractivity contribution in [3.8, 4) is 11.5 Å². The summed E-state index contributed by atoms with van der Waals surface area (Å²) in [6.45, 7) is 3.54. The predicted octanol–water partition coefficient (Wildman–Crippen LogP) is 2.12. The van der Waals surface area contributed by atoms with E-state index >= 15 is 0 Å². The van der Waals surface area contributed by atoms with E-state index in [-0.39, 0.29) is 30.9 Å². The number of aliphatic carboxylic acids is 1. The summed E-state index contributed by atoms with van der Waals surface area (Å²) in [6, 6.07) is 4.66. The molecule has 1 aliphatic carbocycles. The summed E-state index contributed by atoms with van der Waals surface area (Å²) in [5, 5.41) is 14.8. The average molecular weight is 392 g/mol. The molecule has 0 aliphatic heterocycles. The molecule has 1 aromatic carbocycles. The molecule has 2 amide bonds. The molecule has 8 heteroatoms. The Bertz CT molecular complexity index is 725. The van der Waals surface area contributed by atoms with E-state index in [0.717, 1.165) is 12.8 Å². The maximum atomic E-state index is 12.7. The molecule has 8 nitrogen and oxygen atoms in total. The first kappa shape index (κ1) is 21.5. The first-order valence-electron chi connectivity index (χ1n) is 9.39. The van der Waals surface area contributed by atoms with Gasteiger partial charge in [0.1, 0.15) is 0 Å². The Kier molecular flexibility index (Phi) is 7.25. The van der Waals surface area contributed by atoms with E-state index in [4.69, 9.17) is 9.47 Å². The van der Waals surface area contributed by atoms with Crippen molar-refractivity contribution in [1.82, 2.24) is 10.6 Å². The Labute approximate surface area is 164 Å². The van der Waals surface area contributed by atoms with Gasteiger partial charge in [-0.05, 0) is 44.9 Å². The summed E-state index contributed by atoms with van der Waals surface area (Å²) in [5.41, 5.74) is -0.368. The van der Waals surface area contributed by atoms with Crippen molar-refractivity contribution in [3.05, 3.63) is 23.8 Å². The highest BCUT2D eigenvalue weighted by atomic mass is 16.5. The zero-order valence-electron chi connectivity index (χ0n) is 16.5. The Morgan fingerprint density at radius 1 is 1.18 bits per heavy atom. The van der Waals surface area contributed by atoms with E-state index in [1.165, 1.54) is 13.2 Å². The number of carbonyl (C=O) groups excluding carboxylic acids is 2. The van der Waals surface area contributed by atoms with Crippen molar-refractivity contribution in [2.75, 3.05) is 13.7 Å². The molecule has 0 radical (unpaired) electrons. The minimum absolute atomic E-state index is 0.0118. The van der Waals surface area contributed by atoms with Crippen LogP contribution in [-0.4, -0.2) is 48.2 Å². The zero-order valence-corrected chi connectivity index (χ0v) is 16.5. The van der Waals surface area contributed by atoms with Crippen LogP contribution < -0.4 is 20.1 Å². The first-order valence-corrected chi connectivity index (χ1v) is 9.39. The van der Waals surface area contributed by atoms with Crippen molar-refractivity contribution in [1.29, 1.82) is 0 Å². The Hall–Kier alpha value is -2.77. The second-order valence-electron chi connectivity index (χ2n) is 7.39. The molecule has 1 aromatic rings. The van der Waals surface area contributed by atoms with Gasteiger partial charge >= 0.3 is 5.97 Å². The maximum Gasteiger partial charge on any atom is 0.305 e. The van der Waals surface area contributed by atoms with Crippen LogP contribution in [0.5, 0.6) is 11.5 Å². The van der Waals surface area contributed by atoms with Gasteiger partial charge in [-0.3, -0.25) is 14.4 Å². The van der Waals surface area contributed by atoms with Crippen molar-refractivity contribution < 1.29 is 29.0 Å². The molecule has 28 heavy (non-hydrogen) atoms. The third-order valence-electron chi connectivity index (χ3n) is 4.66. The third kappa shape index (κ3) is 5.87. The predicted molar refractivity (Wildman–Crippen MR) is 103 cm³/mol. The van der Waals surface area contributed by atoms with Gasteiger partial charge < -0.3 is 25.2 Å². The average Bonchev–Trinajstić information content (AvgIpc) is 3.06. The maximum absolute atomic E-state index is 12.7. The van der Waals surface area contributed by atoms with Crippen LogP contribution in [0.2, 0.25) is 0 Å². The van der Waals surface area contributed by atoms with E-state index < -0.39 is 11.5 Å². The number of ether oxygens (including phenoxy) is 2. The van der Waals surface area contributed by atoms with Gasteiger partial charge in [-0.25, -0.2) is 0 Å². The van der Waals surface area contributed by atoms with Crippen LogP contribution in [-0.2, 0) is 9.59 Å². The van der Waals surface area contributed by atoms with Gasteiger partial charge in [0, 0.05) is 11.6 Å². The third-order valence-corrected chi connectivity index (χ3v) is 4.66. The van der Waals surface area contributed by atoms with Crippen LogP contribution in [0.1, 0.15) is 56.3 Å². The van der Waals surface area contributed by atoms with E-state index in [0.29, 0.717) is 29.9 Å². The van der Waals surface area contributed by atoms with Gasteiger partial charge in [-0.1, -0.05) is 12.8 Å². The number of carbonyl (C=O) groups is 3. The molecule has 3 N–H and O–H groups in total. The highest BCUT2D eigenvalue weighted by Gasteiger charge is 2.37. The van der Waals surface area contributed by atoms with Gasteiger partial charge in [0.25, 0.3) is 11.8 Å². The van der Waals surface area contributed by atoms with Crippen molar-refractivity contribution in [3.63, 3.8) is 0 Å². The van der Waals surface area contributed by atoms with Crippen LogP contribution in [0.4, 0.5) is 0 Å². The normalized spacial score (nSPS) is 15.1. The lowest BCUT2D eigenvalue weighted by molar-refractivity contribution is -0.138. The SMILES string of the molecule is COc1cc(C(=O)NC2(CC(=O)O)CCCC2)ccc1OCC(=O)NC(C)C. The summed E-state index contributed by atoms with van der Waals surface area (Å²) in [5.74, 6) is -0.868. The fourth-order valence-corrected chi connectivity index (χ4v) is 3.44. The standard InChI is InChI=1S/C20H28N2O6/c1-13(2)21-17(23)12-28-15-7-6-14(10-16(15)27-3)19(26)22-20(11-18(24)25)8-4-5-9-20/h6-7,10,13H,4-5,8-9,11-12H2,1-3H3,(H,21,23)(H,22,26)(H,24,25). The zero-order chi connectivity index (χ0) is 20.7. The van der Waals surface area contributed by atoms with Crippen molar-refractivity contribution in [2.45, 2.75) is 57.5 Å². The number of carboxylic acids is 1. The quantitative estimate of drug-likeness (QED) is 0.593. The second kappa shape index (κ2) is 9.43. The van der Waals surface area contributed by atoms with Gasteiger partial charge in [-0.2, -0.15) is 0 Å². The van der Waals surface area contributed by atoms with E-state index in [9.17, 15) is 19.5 Å². The molecule has 1 fully saturated rings. The molecule has 0 heterocycles. The molecular formula is C20H28N2O6. The molecule has 0 atom stereocenters. The number of rotatable bonds is 9. The molecule has 154 valence electrons. The van der Waals surface area contributed by atoms with E-state index in [2.05, 4.69) is 10.6 Å². The number of hydrogen-bond acceptors (Lipinski definition) is 5. The summed E-state index contributed by atoms with van der Waals surface area (Å²) in [7, 11) is 1.45. The van der Waals surface area contributed by atoms with Crippen LogP contribution in [0.3, 0.4) is 0 Å². The van der Waals surface area contributed by atoms with Gasteiger partial charge in [0.2, 0.25) is 0 Å². The number of hydrogen-bond donors (Lipinski definition) is 3. The van der Waals surface area contributed by atoms with Crippen LogP contribution >= 0.6 is 0 Å². The highest BCUT2D eigenvalue weighted by Crippen LogP contribution is 2.34. The first-order chi connectivity index (χ1) is 13.2. The van der Waals surface area contributed by atoms with Crippen LogP contribution in [0.25, 0.3) is 0 Å². The van der Waals surface area contributed by atoms with Crippen LogP contribution in [0.15, 0.2) is 18.2 Å². The number of carboxylic acid groups (broad SMARTS) is 1. The van der Waals surface area contributed by atoms with Gasteiger partial charge in [0.05, 0.1) is 19.1 Å². The molecule has 0 saturated heterocycles. The van der Waals surface area contributed by atoms with Crippen molar-refractivity contribution >= 4 is 17.8 Å². The van der Waals surface area contributed by atoms with E-state index in [1.54, 1.807) is 12.1 Å². The molecule has 0 aromatic heterocycles. The number of methoxy groups -OCH3 is 1. The molecule has 1 saturated carbocycles. The number of benzene rings is 1. The van der Waals surface area contributed by atoms with Gasteiger partial charge in [-0.15, -0.1) is 0 Å². The highest BCUT2D eigenvalue weighted by molar-refractivity contribution is 5.95. The topological polar surface area (TPSA) is 114 Å². The Balaban J connectivity index is 2.08. The van der Waals surface area contributed by atoms with Crippen LogP contribution in [0, 0.1) is 0 Å². The smallest absolute Gasteiger partial charge is 0.305 e. The lowest BCUT2D eigenvalue weighted by Crippen LogP contribution is -2.47. The largest absolute Gasteiger partial charge is 0.493 e. The lowest BCUT2D eigenvalue weighted by atomic mass is 9.92. The Morgan fingerprint density at radius 2 is 1.86 bits per heavy atom. The number of nitrogens with one attached hydrogen (secondary N) is 2. The Morgan fingerprint density at radius 3 is 2.43 bits per heavy atom. The summed E-state index contributed by atoms with van der Waals surface area (Å²) in [6.07, 6.45) is 2.98. The molecular weight excluding hydrogens is 364 g/mol. The van der Waals surface area contributed by atoms with E-state index in [1.807, 2.05) is 13.8 Å². The molecule has 2 rings (SSSR count). The molecule has 1 aliphatic rings.